The minimum absolute atomic E-state index is 0.224. The number of hydrogen-bond acceptors (Lipinski definition) is 5. The molecule has 2 heterocycles. The summed E-state index contributed by atoms with van der Waals surface area (Å²) in [5.41, 5.74) is 1.69. The molecule has 0 radical (unpaired) electrons. The van der Waals surface area contributed by atoms with Gasteiger partial charge in [0.1, 0.15) is 0 Å². The molecule has 1 aliphatic heterocycles. The Labute approximate surface area is 137 Å². The van der Waals surface area contributed by atoms with Crippen molar-refractivity contribution in [3.63, 3.8) is 0 Å². The van der Waals surface area contributed by atoms with Crippen molar-refractivity contribution in [2.24, 2.45) is 0 Å². The van der Waals surface area contributed by atoms with Gasteiger partial charge < -0.3 is 5.32 Å². The smallest absolute Gasteiger partial charge is 0.235 e. The normalized spacial score (nSPS) is 16.7. The molecule has 1 aromatic heterocycles. The van der Waals surface area contributed by atoms with Crippen LogP contribution in [0.4, 0.5) is 11.6 Å². The Morgan fingerprint density at radius 2 is 2.05 bits per heavy atom. The van der Waals surface area contributed by atoms with Crippen LogP contribution in [0.3, 0.4) is 0 Å². The number of nitrogens with one attached hydrogen (secondary N) is 1. The molecule has 6 nitrogen and oxygen atoms in total. The molecule has 1 fully saturated rings. The van der Waals surface area contributed by atoms with Gasteiger partial charge in [0.05, 0.1) is 15.9 Å². The van der Waals surface area contributed by atoms with E-state index in [0.717, 1.165) is 10.0 Å². The third-order valence-corrected chi connectivity index (χ3v) is 5.65. The van der Waals surface area contributed by atoms with Crippen LogP contribution in [0.5, 0.6) is 0 Å². The molecule has 1 saturated heterocycles. The fraction of sp³-hybridized carbons (Fsp3) is 0.286. The number of benzene rings is 1. The minimum Gasteiger partial charge on any atom is -0.350 e. The Kier molecular flexibility index (Phi) is 4.30. The highest BCUT2D eigenvalue weighted by Gasteiger charge is 2.28. The van der Waals surface area contributed by atoms with E-state index in [4.69, 9.17) is 0 Å². The van der Waals surface area contributed by atoms with Crippen LogP contribution >= 0.6 is 15.9 Å². The molecular formula is C14H15BrN4O2S. The molecule has 22 heavy (non-hydrogen) atoms. The van der Waals surface area contributed by atoms with E-state index in [9.17, 15) is 8.42 Å². The molecule has 0 spiro atoms. The molecule has 0 bridgehead atoms. The number of halogens is 1. The van der Waals surface area contributed by atoms with E-state index < -0.39 is 10.0 Å². The molecule has 2 aromatic rings. The number of sulfonamides is 1. The molecule has 116 valence electrons. The van der Waals surface area contributed by atoms with Gasteiger partial charge in [0, 0.05) is 25.5 Å². The lowest BCUT2D eigenvalue weighted by Crippen LogP contribution is -2.25. The Morgan fingerprint density at radius 1 is 1.27 bits per heavy atom. The molecule has 0 unspecified atom stereocenters. The molecule has 0 saturated carbocycles. The van der Waals surface area contributed by atoms with Crippen LogP contribution in [0.25, 0.3) is 0 Å². The zero-order chi connectivity index (χ0) is 15.6. The lowest BCUT2D eigenvalue weighted by atomic mass is 10.2. The number of rotatable bonds is 4. The van der Waals surface area contributed by atoms with E-state index in [1.165, 1.54) is 4.31 Å². The van der Waals surface area contributed by atoms with Crippen LogP contribution in [-0.2, 0) is 16.6 Å². The van der Waals surface area contributed by atoms with E-state index in [-0.39, 0.29) is 5.75 Å². The highest BCUT2D eigenvalue weighted by Crippen LogP contribution is 2.24. The predicted octanol–water partition coefficient (Wildman–Crippen LogP) is 2.39. The SMILES string of the molecule is O=S1(=O)CCCN1c1cccc(CNc2ncc(Br)cn2)c1. The van der Waals surface area contributed by atoms with E-state index >= 15 is 0 Å². The van der Waals surface area contributed by atoms with Crippen LogP contribution in [0.1, 0.15) is 12.0 Å². The number of aromatic nitrogens is 2. The molecule has 0 amide bonds. The van der Waals surface area contributed by atoms with E-state index in [1.807, 2.05) is 24.3 Å². The standard InChI is InChI=1S/C14H15BrN4O2S/c15-12-9-17-14(18-10-12)16-8-11-3-1-4-13(7-11)19-5-2-6-22(19,20)21/h1,3-4,7,9-10H,2,5-6,8H2,(H,16,17,18). The summed E-state index contributed by atoms with van der Waals surface area (Å²) in [5.74, 6) is 0.754. The first-order valence-corrected chi connectivity index (χ1v) is 9.25. The Morgan fingerprint density at radius 3 is 2.73 bits per heavy atom. The van der Waals surface area contributed by atoms with Crippen molar-refractivity contribution >= 4 is 37.6 Å². The first kappa shape index (κ1) is 15.2. The maximum Gasteiger partial charge on any atom is 0.235 e. The van der Waals surface area contributed by atoms with Crippen LogP contribution in [0, 0.1) is 0 Å². The molecular weight excluding hydrogens is 368 g/mol. The summed E-state index contributed by atoms with van der Waals surface area (Å²) in [6.07, 6.45) is 4.02. The van der Waals surface area contributed by atoms with Crippen molar-refractivity contribution in [2.75, 3.05) is 21.9 Å². The summed E-state index contributed by atoms with van der Waals surface area (Å²) in [6, 6.07) is 7.51. The summed E-state index contributed by atoms with van der Waals surface area (Å²) in [4.78, 5) is 8.28. The average Bonchev–Trinajstić information content (AvgIpc) is 2.86. The van der Waals surface area contributed by atoms with Gasteiger partial charge in [-0.2, -0.15) is 0 Å². The van der Waals surface area contributed by atoms with Gasteiger partial charge in [0.15, 0.2) is 0 Å². The molecule has 1 N–H and O–H groups in total. The summed E-state index contributed by atoms with van der Waals surface area (Å²) >= 11 is 3.28. The van der Waals surface area contributed by atoms with Gasteiger partial charge in [0.25, 0.3) is 0 Å². The molecule has 3 rings (SSSR count). The second kappa shape index (κ2) is 6.21. The van der Waals surface area contributed by atoms with Gasteiger partial charge in [0.2, 0.25) is 16.0 Å². The second-order valence-electron chi connectivity index (χ2n) is 4.99. The lowest BCUT2D eigenvalue weighted by Gasteiger charge is -2.17. The Hall–Kier alpha value is -1.67. The molecule has 1 aliphatic rings. The van der Waals surface area contributed by atoms with Crippen LogP contribution in [0.15, 0.2) is 41.1 Å². The van der Waals surface area contributed by atoms with Gasteiger partial charge in [-0.3, -0.25) is 4.31 Å². The van der Waals surface area contributed by atoms with Gasteiger partial charge in [-0.25, -0.2) is 18.4 Å². The second-order valence-corrected chi connectivity index (χ2v) is 7.92. The molecule has 0 atom stereocenters. The van der Waals surface area contributed by atoms with Crippen molar-refractivity contribution in [1.29, 1.82) is 0 Å². The summed E-state index contributed by atoms with van der Waals surface area (Å²) in [5, 5.41) is 3.12. The first-order chi connectivity index (χ1) is 10.5. The fourth-order valence-electron chi connectivity index (χ4n) is 2.34. The zero-order valence-electron chi connectivity index (χ0n) is 11.7. The summed E-state index contributed by atoms with van der Waals surface area (Å²) in [7, 11) is -3.15. The molecule has 8 heteroatoms. The van der Waals surface area contributed by atoms with Gasteiger partial charge in [-0.05, 0) is 40.0 Å². The Balaban J connectivity index is 1.73. The predicted molar refractivity (Wildman–Crippen MR) is 89.3 cm³/mol. The topological polar surface area (TPSA) is 75.2 Å². The van der Waals surface area contributed by atoms with Gasteiger partial charge >= 0.3 is 0 Å². The maximum absolute atomic E-state index is 12.0. The van der Waals surface area contributed by atoms with Crippen molar-refractivity contribution < 1.29 is 8.42 Å². The van der Waals surface area contributed by atoms with Crippen LogP contribution in [-0.4, -0.2) is 30.7 Å². The number of hydrogen-bond donors (Lipinski definition) is 1. The largest absolute Gasteiger partial charge is 0.350 e. The monoisotopic (exact) mass is 382 g/mol. The third-order valence-electron chi connectivity index (χ3n) is 3.37. The van der Waals surface area contributed by atoms with Crippen molar-refractivity contribution in [3.05, 3.63) is 46.7 Å². The third kappa shape index (κ3) is 3.38. The van der Waals surface area contributed by atoms with Crippen LogP contribution < -0.4 is 9.62 Å². The molecule has 1 aromatic carbocycles. The summed E-state index contributed by atoms with van der Waals surface area (Å²) in [6.45, 7) is 1.08. The van der Waals surface area contributed by atoms with E-state index in [2.05, 4.69) is 31.2 Å². The van der Waals surface area contributed by atoms with Crippen molar-refractivity contribution in [2.45, 2.75) is 13.0 Å². The molecule has 0 aliphatic carbocycles. The lowest BCUT2D eigenvalue weighted by molar-refractivity contribution is 0.599. The van der Waals surface area contributed by atoms with Crippen molar-refractivity contribution in [1.82, 2.24) is 9.97 Å². The van der Waals surface area contributed by atoms with Gasteiger partial charge in [-0.15, -0.1) is 0 Å². The first-order valence-electron chi connectivity index (χ1n) is 6.85. The van der Waals surface area contributed by atoms with Crippen LogP contribution in [0.2, 0.25) is 0 Å². The minimum atomic E-state index is -3.15. The zero-order valence-corrected chi connectivity index (χ0v) is 14.1. The highest BCUT2D eigenvalue weighted by atomic mass is 79.9. The van der Waals surface area contributed by atoms with Gasteiger partial charge in [-0.1, -0.05) is 12.1 Å². The quantitative estimate of drug-likeness (QED) is 0.878. The number of anilines is 2. The number of nitrogens with zero attached hydrogens (tertiary/aromatic N) is 3. The average molecular weight is 383 g/mol. The van der Waals surface area contributed by atoms with Crippen molar-refractivity contribution in [3.8, 4) is 0 Å². The van der Waals surface area contributed by atoms with E-state index in [0.29, 0.717) is 31.1 Å². The maximum atomic E-state index is 12.0. The fourth-order valence-corrected chi connectivity index (χ4v) is 4.10. The summed E-state index contributed by atoms with van der Waals surface area (Å²) < 4.78 is 26.2. The highest BCUT2D eigenvalue weighted by molar-refractivity contribution is 9.10. The van der Waals surface area contributed by atoms with E-state index in [1.54, 1.807) is 12.4 Å². The Bertz CT molecular complexity index is 765.